The number of hydrogen-bond acceptors (Lipinski definition) is 4. The number of furan rings is 2. The molecule has 20 heavy (non-hydrogen) atoms. The second kappa shape index (κ2) is 4.88. The van der Waals surface area contributed by atoms with Crippen LogP contribution in [0.5, 0.6) is 0 Å². The van der Waals surface area contributed by atoms with Crippen LogP contribution in [0, 0.1) is 0 Å². The number of quaternary nitrogens is 1. The van der Waals surface area contributed by atoms with Gasteiger partial charge in [0, 0.05) is 0 Å². The molecule has 6 nitrogen and oxygen atoms in total. The maximum absolute atomic E-state index is 12.6. The minimum absolute atomic E-state index is 0.161. The van der Waals surface area contributed by atoms with E-state index in [1.807, 2.05) is 0 Å². The average molecular weight is 276 g/mol. The van der Waals surface area contributed by atoms with Crippen LogP contribution >= 0.6 is 0 Å². The summed E-state index contributed by atoms with van der Waals surface area (Å²) in [6.07, 6.45) is 0. The molecule has 106 valence electrons. The summed E-state index contributed by atoms with van der Waals surface area (Å²) in [5.41, 5.74) is 1.16. The number of piperazine rings is 1. The number of benzene rings is 1. The normalized spacial score (nSPS) is 17.0. The zero-order valence-corrected chi connectivity index (χ0v) is 11.3. The topological polar surface area (TPSA) is 78.0 Å². The van der Waals surface area contributed by atoms with Crippen molar-refractivity contribution in [3.05, 3.63) is 23.3 Å². The first kappa shape index (κ1) is 13.1. The van der Waals surface area contributed by atoms with E-state index in [1.165, 1.54) is 4.90 Å². The lowest BCUT2D eigenvalue weighted by molar-refractivity contribution is -0.883. The minimum atomic E-state index is -0.868. The van der Waals surface area contributed by atoms with Crippen molar-refractivity contribution in [1.29, 1.82) is 0 Å². The van der Waals surface area contributed by atoms with E-state index in [1.54, 1.807) is 17.0 Å². The van der Waals surface area contributed by atoms with Gasteiger partial charge >= 0.3 is 0 Å². The molecule has 1 saturated heterocycles. The number of fused-ring (bicyclic) bond motifs is 2. The van der Waals surface area contributed by atoms with Crippen molar-refractivity contribution in [2.45, 2.75) is 0 Å². The largest absolute Gasteiger partial charge is 0.849 e. The molecule has 1 fully saturated rings. The van der Waals surface area contributed by atoms with E-state index in [2.05, 4.69) is 7.05 Å². The number of amides is 1. The zero-order valence-electron chi connectivity index (χ0n) is 11.3. The number of nitrogens with zero attached hydrogens (tertiary/aromatic N) is 1. The first-order valence-electron chi connectivity index (χ1n) is 6.68. The molecule has 0 atom stereocenters. The van der Waals surface area contributed by atoms with Crippen LogP contribution in [0.2, 0.25) is 0 Å². The van der Waals surface area contributed by atoms with Crippen molar-refractivity contribution in [3.8, 4) is 0 Å². The molecule has 0 saturated carbocycles. The van der Waals surface area contributed by atoms with Gasteiger partial charge in [-0.2, -0.15) is 0 Å². The number of Topliss-reactive ketones (excluding diaryl/α,β-unsaturated/α-hetero) is 1. The fourth-order valence-corrected chi connectivity index (χ4v) is 2.66. The highest BCUT2D eigenvalue weighted by atomic mass is 16.3. The van der Waals surface area contributed by atoms with Gasteiger partial charge in [-0.1, -0.05) is 6.61 Å². The number of ketones is 1. The Morgan fingerprint density at radius 3 is 2.45 bits per heavy atom. The first-order chi connectivity index (χ1) is 9.61. The second-order valence-electron chi connectivity index (χ2n) is 5.23. The molecule has 1 aliphatic rings. The molecule has 2 aromatic rings. The molecule has 2 bridgehead atoms. The van der Waals surface area contributed by atoms with E-state index in [-0.39, 0.29) is 17.0 Å². The van der Waals surface area contributed by atoms with Crippen molar-refractivity contribution in [3.63, 3.8) is 0 Å². The monoisotopic (exact) mass is 276 g/mol. The third-order valence-corrected chi connectivity index (χ3v) is 3.88. The van der Waals surface area contributed by atoms with Crippen LogP contribution in [0.3, 0.4) is 0 Å². The third-order valence-electron chi connectivity index (χ3n) is 3.88. The van der Waals surface area contributed by atoms with Crippen molar-refractivity contribution in [1.82, 2.24) is 4.90 Å². The molecule has 0 aromatic carbocycles. The summed E-state index contributed by atoms with van der Waals surface area (Å²) >= 11 is 0. The quantitative estimate of drug-likeness (QED) is 0.684. The number of nitrogens with one attached hydrogen (secondary N) is 1. The number of rotatable bonds is 3. The molecule has 3 rings (SSSR count). The van der Waals surface area contributed by atoms with Crippen LogP contribution in [-0.4, -0.2) is 56.4 Å². The lowest BCUT2D eigenvalue weighted by atomic mass is 10.0. The summed E-state index contributed by atoms with van der Waals surface area (Å²) in [6, 6.07) is 3.30. The standard InChI is InChI=1S/C14H15N2O4/c1-15-4-6-16(7-5-15)14(19)13-11-3-2-10(20-11)12(13)9(18)8-17/h2-3H,4-8H2,1H3/q-1/p+1. The molecule has 6 heteroatoms. The van der Waals surface area contributed by atoms with Gasteiger partial charge < -0.3 is 19.3 Å². The predicted octanol–water partition coefficient (Wildman–Crippen LogP) is -1.62. The maximum Gasteiger partial charge on any atom is 0.258 e. The number of carbonyl (C=O) groups excluding carboxylic acids is 2. The number of likely N-dealkylation sites (N-methyl/N-ethyl adjacent to an activating group) is 1. The van der Waals surface area contributed by atoms with Crippen LogP contribution in [0.15, 0.2) is 16.5 Å². The van der Waals surface area contributed by atoms with Gasteiger partial charge in [-0.25, -0.2) is 0 Å². The minimum Gasteiger partial charge on any atom is -0.849 e. The summed E-state index contributed by atoms with van der Waals surface area (Å²) in [5, 5.41) is 10.9. The van der Waals surface area contributed by atoms with Crippen molar-refractivity contribution in [2.75, 3.05) is 39.8 Å². The molecule has 0 radical (unpaired) electrons. The van der Waals surface area contributed by atoms with Crippen LogP contribution in [-0.2, 0) is 0 Å². The Kier molecular flexibility index (Phi) is 3.19. The Hall–Kier alpha value is -1.92. The van der Waals surface area contributed by atoms with Crippen molar-refractivity contribution in [2.24, 2.45) is 0 Å². The SMILES string of the molecule is C[NH+]1CCN(C(=O)c2c(C(=O)C[O-])c3ccc2o3)CC1. The number of carbonyl (C=O) groups is 2. The highest BCUT2D eigenvalue weighted by Gasteiger charge is 2.30. The lowest BCUT2D eigenvalue weighted by Gasteiger charge is -2.30. The third kappa shape index (κ3) is 1.97. The van der Waals surface area contributed by atoms with Gasteiger partial charge in [-0.3, -0.25) is 9.59 Å². The van der Waals surface area contributed by atoms with Crippen LogP contribution < -0.4 is 10.0 Å². The van der Waals surface area contributed by atoms with E-state index in [9.17, 15) is 14.7 Å². The van der Waals surface area contributed by atoms with Crippen LogP contribution in [0.25, 0.3) is 11.2 Å². The predicted molar refractivity (Wildman–Crippen MR) is 69.1 cm³/mol. The lowest BCUT2D eigenvalue weighted by Crippen LogP contribution is -3.12. The Balaban J connectivity index is 1.94. The molecule has 1 aliphatic heterocycles. The summed E-state index contributed by atoms with van der Waals surface area (Å²) in [7, 11) is 2.08. The van der Waals surface area contributed by atoms with Gasteiger partial charge in [-0.15, -0.1) is 0 Å². The summed E-state index contributed by atoms with van der Waals surface area (Å²) in [6.45, 7) is 2.20. The van der Waals surface area contributed by atoms with E-state index in [0.29, 0.717) is 24.3 Å². The molecule has 2 aromatic heterocycles. The fourth-order valence-electron chi connectivity index (χ4n) is 2.66. The zero-order chi connectivity index (χ0) is 14.3. The molecule has 0 aliphatic carbocycles. The van der Waals surface area contributed by atoms with Crippen molar-refractivity contribution < 1.29 is 24.0 Å². The molecular formula is C14H16N2O4. The first-order valence-corrected chi connectivity index (χ1v) is 6.68. The Labute approximate surface area is 115 Å². The Bertz CT molecular complexity index is 640. The van der Waals surface area contributed by atoms with Gasteiger partial charge in [0.05, 0.1) is 44.4 Å². The van der Waals surface area contributed by atoms with Crippen molar-refractivity contribution >= 4 is 22.9 Å². The van der Waals surface area contributed by atoms with Gasteiger partial charge in [-0.05, 0) is 12.1 Å². The summed E-state index contributed by atoms with van der Waals surface area (Å²) in [4.78, 5) is 27.5. The van der Waals surface area contributed by atoms with Crippen LogP contribution in [0.1, 0.15) is 20.7 Å². The smallest absolute Gasteiger partial charge is 0.258 e. The molecule has 1 amide bonds. The fraction of sp³-hybridized carbons (Fsp3) is 0.429. The highest BCUT2D eigenvalue weighted by Crippen LogP contribution is 2.30. The van der Waals surface area contributed by atoms with E-state index < -0.39 is 12.4 Å². The summed E-state index contributed by atoms with van der Waals surface area (Å²) < 4.78 is 5.39. The Morgan fingerprint density at radius 2 is 1.85 bits per heavy atom. The van der Waals surface area contributed by atoms with Crippen LogP contribution in [0.4, 0.5) is 0 Å². The number of hydrogen-bond donors (Lipinski definition) is 1. The molecular weight excluding hydrogens is 260 g/mol. The van der Waals surface area contributed by atoms with Gasteiger partial charge in [0.15, 0.2) is 5.78 Å². The van der Waals surface area contributed by atoms with E-state index in [4.69, 9.17) is 4.42 Å². The molecule has 0 spiro atoms. The second-order valence-corrected chi connectivity index (χ2v) is 5.23. The van der Waals surface area contributed by atoms with Gasteiger partial charge in [0.2, 0.25) is 0 Å². The molecule has 1 N–H and O–H groups in total. The molecule has 0 unspecified atom stereocenters. The molecule has 3 heterocycles. The van der Waals surface area contributed by atoms with Gasteiger partial charge in [0.25, 0.3) is 5.91 Å². The average Bonchev–Trinajstić information content (AvgIpc) is 3.07. The van der Waals surface area contributed by atoms with E-state index in [0.717, 1.165) is 13.1 Å². The Morgan fingerprint density at radius 1 is 1.25 bits per heavy atom. The van der Waals surface area contributed by atoms with Gasteiger partial charge in [0.1, 0.15) is 11.2 Å². The highest BCUT2D eigenvalue weighted by molar-refractivity contribution is 6.17. The summed E-state index contributed by atoms with van der Waals surface area (Å²) in [5.74, 6) is -0.786. The maximum atomic E-state index is 12.6. The van der Waals surface area contributed by atoms with E-state index >= 15 is 0 Å².